The predicted octanol–water partition coefficient (Wildman–Crippen LogP) is 1.95. The normalized spacial score (nSPS) is 12.4. The summed E-state index contributed by atoms with van der Waals surface area (Å²) < 4.78 is 13.4. The smallest absolute Gasteiger partial charge is 0.241 e. The molecule has 0 saturated carbocycles. The van der Waals surface area contributed by atoms with Crippen LogP contribution >= 0.6 is 11.3 Å². The molecule has 7 heteroatoms. The van der Waals surface area contributed by atoms with Gasteiger partial charge < -0.3 is 5.32 Å². The van der Waals surface area contributed by atoms with Crippen molar-refractivity contribution >= 4 is 17.2 Å². The minimum absolute atomic E-state index is 0.156. The summed E-state index contributed by atoms with van der Waals surface area (Å²) in [5.41, 5.74) is 0.634. The van der Waals surface area contributed by atoms with Crippen molar-refractivity contribution in [2.24, 2.45) is 0 Å². The molecule has 1 aromatic carbocycles. The van der Waals surface area contributed by atoms with E-state index in [1.54, 1.807) is 31.1 Å². The van der Waals surface area contributed by atoms with E-state index >= 15 is 0 Å². The summed E-state index contributed by atoms with van der Waals surface area (Å²) in [7, 11) is 3.59. The van der Waals surface area contributed by atoms with Crippen LogP contribution in [-0.4, -0.2) is 41.6 Å². The van der Waals surface area contributed by atoms with E-state index < -0.39 is 6.04 Å². The summed E-state index contributed by atoms with van der Waals surface area (Å²) in [6.45, 7) is 2.37. The summed E-state index contributed by atoms with van der Waals surface area (Å²) >= 11 is 1.52. The number of hydrogen-bond donors (Lipinski definition) is 1. The predicted molar refractivity (Wildman–Crippen MR) is 84.2 cm³/mol. The molecule has 0 aliphatic heterocycles. The third-order valence-corrected chi connectivity index (χ3v) is 4.03. The highest BCUT2D eigenvalue weighted by molar-refractivity contribution is 7.11. The Morgan fingerprint density at radius 2 is 2.18 bits per heavy atom. The number of amides is 1. The molecule has 1 heterocycles. The van der Waals surface area contributed by atoms with Gasteiger partial charge in [-0.1, -0.05) is 12.1 Å². The number of rotatable bonds is 6. The SMILES string of the molecule is Cc1nnc(CCNC(=O)[C@@H](c2cccc(F)c2)N(C)C)s1. The van der Waals surface area contributed by atoms with Gasteiger partial charge in [0, 0.05) is 13.0 Å². The van der Waals surface area contributed by atoms with Gasteiger partial charge in [-0.2, -0.15) is 0 Å². The van der Waals surface area contributed by atoms with Gasteiger partial charge in [-0.3, -0.25) is 9.69 Å². The summed E-state index contributed by atoms with van der Waals surface area (Å²) in [6, 6.07) is 5.59. The highest BCUT2D eigenvalue weighted by atomic mass is 32.1. The first-order chi connectivity index (χ1) is 10.5. The van der Waals surface area contributed by atoms with Crippen LogP contribution in [0.4, 0.5) is 4.39 Å². The Hall–Kier alpha value is -1.86. The Kier molecular flexibility index (Phi) is 5.57. The molecule has 0 bridgehead atoms. The molecule has 1 amide bonds. The Morgan fingerprint density at radius 1 is 1.41 bits per heavy atom. The van der Waals surface area contributed by atoms with Gasteiger partial charge >= 0.3 is 0 Å². The number of aromatic nitrogens is 2. The van der Waals surface area contributed by atoms with Crippen LogP contribution in [0, 0.1) is 12.7 Å². The molecule has 0 aliphatic rings. The van der Waals surface area contributed by atoms with E-state index in [9.17, 15) is 9.18 Å². The molecular weight excluding hydrogens is 303 g/mol. The second kappa shape index (κ2) is 7.42. The molecular formula is C15H19FN4OS. The Bertz CT molecular complexity index is 644. The fourth-order valence-electron chi connectivity index (χ4n) is 2.19. The van der Waals surface area contributed by atoms with Gasteiger partial charge in [0.1, 0.15) is 21.9 Å². The molecule has 2 rings (SSSR count). The Balaban J connectivity index is 1.98. The number of aryl methyl sites for hydroxylation is 1. The monoisotopic (exact) mass is 322 g/mol. The van der Waals surface area contributed by atoms with Gasteiger partial charge in [0.2, 0.25) is 5.91 Å². The number of nitrogens with one attached hydrogen (secondary N) is 1. The summed E-state index contributed by atoms with van der Waals surface area (Å²) in [4.78, 5) is 14.1. The van der Waals surface area contributed by atoms with Gasteiger partial charge in [-0.25, -0.2) is 4.39 Å². The zero-order chi connectivity index (χ0) is 16.1. The molecule has 5 nitrogen and oxygen atoms in total. The van der Waals surface area contributed by atoms with Gasteiger partial charge in [-0.05, 0) is 38.7 Å². The van der Waals surface area contributed by atoms with Crippen molar-refractivity contribution in [3.8, 4) is 0 Å². The number of carbonyl (C=O) groups is 1. The molecule has 22 heavy (non-hydrogen) atoms. The zero-order valence-electron chi connectivity index (χ0n) is 12.8. The van der Waals surface area contributed by atoms with E-state index in [0.29, 0.717) is 18.5 Å². The molecule has 118 valence electrons. The molecule has 0 spiro atoms. The van der Waals surface area contributed by atoms with Crippen LogP contribution in [0.1, 0.15) is 21.6 Å². The van der Waals surface area contributed by atoms with Crippen LogP contribution in [0.15, 0.2) is 24.3 Å². The van der Waals surface area contributed by atoms with Crippen LogP contribution in [0.3, 0.4) is 0 Å². The van der Waals surface area contributed by atoms with Crippen molar-refractivity contribution in [3.05, 3.63) is 45.7 Å². The summed E-state index contributed by atoms with van der Waals surface area (Å²) in [6.07, 6.45) is 0.639. The lowest BCUT2D eigenvalue weighted by Crippen LogP contribution is -2.38. The molecule has 0 radical (unpaired) electrons. The summed E-state index contributed by atoms with van der Waals surface area (Å²) in [5.74, 6) is -0.502. The van der Waals surface area contributed by atoms with E-state index in [2.05, 4.69) is 15.5 Å². The fraction of sp³-hybridized carbons (Fsp3) is 0.400. The number of halogens is 1. The standard InChI is InChI=1S/C15H19FN4OS/c1-10-18-19-13(22-10)7-8-17-15(21)14(20(2)3)11-5-4-6-12(16)9-11/h4-6,9,14H,7-8H2,1-3H3,(H,17,21)/t14-/m1/s1. The second-order valence-corrected chi connectivity index (χ2v) is 6.44. The van der Waals surface area contributed by atoms with E-state index in [4.69, 9.17) is 0 Å². The molecule has 1 N–H and O–H groups in total. The van der Waals surface area contributed by atoms with E-state index in [-0.39, 0.29) is 11.7 Å². The van der Waals surface area contributed by atoms with E-state index in [1.165, 1.54) is 23.5 Å². The largest absolute Gasteiger partial charge is 0.354 e. The van der Waals surface area contributed by atoms with Crippen molar-refractivity contribution < 1.29 is 9.18 Å². The van der Waals surface area contributed by atoms with E-state index in [0.717, 1.165) is 10.0 Å². The average Bonchev–Trinajstić information content (AvgIpc) is 2.84. The second-order valence-electron chi connectivity index (χ2n) is 5.18. The van der Waals surface area contributed by atoms with Gasteiger partial charge in [0.15, 0.2) is 0 Å². The molecule has 2 aromatic rings. The number of carbonyl (C=O) groups excluding carboxylic acids is 1. The van der Waals surface area contributed by atoms with Crippen LogP contribution in [-0.2, 0) is 11.2 Å². The maximum Gasteiger partial charge on any atom is 0.241 e. The Morgan fingerprint density at radius 3 is 2.77 bits per heavy atom. The van der Waals surface area contributed by atoms with Crippen LogP contribution in [0.5, 0.6) is 0 Å². The molecule has 1 aromatic heterocycles. The van der Waals surface area contributed by atoms with Crippen molar-refractivity contribution in [3.63, 3.8) is 0 Å². The quantitative estimate of drug-likeness (QED) is 0.883. The van der Waals surface area contributed by atoms with Crippen LogP contribution in [0.2, 0.25) is 0 Å². The highest BCUT2D eigenvalue weighted by Gasteiger charge is 2.22. The first-order valence-corrected chi connectivity index (χ1v) is 7.77. The van der Waals surface area contributed by atoms with Crippen molar-refractivity contribution in [2.45, 2.75) is 19.4 Å². The molecule has 0 fully saturated rings. The van der Waals surface area contributed by atoms with Crippen LogP contribution < -0.4 is 5.32 Å². The lowest BCUT2D eigenvalue weighted by molar-refractivity contribution is -0.125. The first-order valence-electron chi connectivity index (χ1n) is 6.96. The van der Waals surface area contributed by atoms with Gasteiger partial charge in [0.05, 0.1) is 0 Å². The fourth-order valence-corrected chi connectivity index (χ4v) is 2.90. The van der Waals surface area contributed by atoms with Gasteiger partial charge in [-0.15, -0.1) is 21.5 Å². The van der Waals surface area contributed by atoms with Gasteiger partial charge in [0.25, 0.3) is 0 Å². The maximum atomic E-state index is 13.4. The average molecular weight is 322 g/mol. The third-order valence-electron chi connectivity index (χ3n) is 3.14. The highest BCUT2D eigenvalue weighted by Crippen LogP contribution is 2.19. The number of likely N-dealkylation sites (N-methyl/N-ethyl adjacent to an activating group) is 1. The zero-order valence-corrected chi connectivity index (χ0v) is 13.7. The number of hydrogen-bond acceptors (Lipinski definition) is 5. The van der Waals surface area contributed by atoms with Crippen molar-refractivity contribution in [1.82, 2.24) is 20.4 Å². The lowest BCUT2D eigenvalue weighted by Gasteiger charge is -2.23. The number of benzene rings is 1. The van der Waals surface area contributed by atoms with Crippen LogP contribution in [0.25, 0.3) is 0 Å². The minimum atomic E-state index is -0.521. The molecule has 0 unspecified atom stereocenters. The Labute approximate surface area is 133 Å². The first kappa shape index (κ1) is 16.5. The van der Waals surface area contributed by atoms with Crippen molar-refractivity contribution in [2.75, 3.05) is 20.6 Å². The molecule has 0 aliphatic carbocycles. The summed E-state index contributed by atoms with van der Waals surface area (Å²) in [5, 5.41) is 12.6. The van der Waals surface area contributed by atoms with Crippen molar-refractivity contribution in [1.29, 1.82) is 0 Å². The van der Waals surface area contributed by atoms with E-state index in [1.807, 2.05) is 6.92 Å². The maximum absolute atomic E-state index is 13.4. The third kappa shape index (κ3) is 4.32. The topological polar surface area (TPSA) is 58.1 Å². The minimum Gasteiger partial charge on any atom is -0.354 e. The lowest BCUT2D eigenvalue weighted by atomic mass is 10.1. The number of nitrogens with zero attached hydrogens (tertiary/aromatic N) is 3. The molecule has 1 atom stereocenters. The molecule has 0 saturated heterocycles.